The Bertz CT molecular complexity index is 401. The molecule has 0 bridgehead atoms. The van der Waals surface area contributed by atoms with E-state index >= 15 is 0 Å². The summed E-state index contributed by atoms with van der Waals surface area (Å²) >= 11 is 1.31. The quantitative estimate of drug-likeness (QED) is 0.909. The molecule has 1 fully saturated rings. The fraction of sp³-hybridized carbons (Fsp3) is 0.750. The van der Waals surface area contributed by atoms with Gasteiger partial charge in [-0.15, -0.1) is 10.2 Å². The minimum absolute atomic E-state index is 0.0143. The van der Waals surface area contributed by atoms with Gasteiger partial charge in [-0.2, -0.15) is 0 Å². The Morgan fingerprint density at radius 2 is 2.11 bits per heavy atom. The van der Waals surface area contributed by atoms with E-state index in [9.17, 15) is 4.79 Å². The number of hydrogen-bond acceptors (Lipinski definition) is 5. The summed E-state index contributed by atoms with van der Waals surface area (Å²) in [7, 11) is 3.64. The van der Waals surface area contributed by atoms with Crippen LogP contribution < -0.4 is 5.32 Å². The average molecular weight is 268 g/mol. The van der Waals surface area contributed by atoms with Gasteiger partial charge in [-0.1, -0.05) is 30.6 Å². The van der Waals surface area contributed by atoms with Crippen molar-refractivity contribution in [1.82, 2.24) is 15.1 Å². The summed E-state index contributed by atoms with van der Waals surface area (Å²) in [5, 5.41) is 11.9. The third kappa shape index (κ3) is 3.19. The van der Waals surface area contributed by atoms with Crippen molar-refractivity contribution >= 4 is 22.4 Å². The molecular weight excluding hydrogens is 248 g/mol. The van der Waals surface area contributed by atoms with Gasteiger partial charge in [-0.3, -0.25) is 4.79 Å². The predicted octanol–water partition coefficient (Wildman–Crippen LogP) is 2.23. The van der Waals surface area contributed by atoms with E-state index in [0.29, 0.717) is 16.1 Å². The van der Waals surface area contributed by atoms with Crippen LogP contribution in [-0.2, 0) is 0 Å². The lowest BCUT2D eigenvalue weighted by molar-refractivity contribution is 0.0759. The maximum Gasteiger partial charge on any atom is 0.284 e. The fourth-order valence-corrected chi connectivity index (χ4v) is 3.11. The second-order valence-corrected chi connectivity index (χ2v) is 5.83. The van der Waals surface area contributed by atoms with Gasteiger partial charge in [0.05, 0.1) is 0 Å². The molecule has 1 N–H and O–H groups in total. The van der Waals surface area contributed by atoms with Crippen molar-refractivity contribution in [2.75, 3.05) is 26.0 Å². The Hall–Kier alpha value is -1.17. The van der Waals surface area contributed by atoms with Gasteiger partial charge < -0.3 is 10.2 Å². The molecule has 0 spiro atoms. The number of amides is 1. The number of aromatic nitrogens is 2. The summed E-state index contributed by atoms with van der Waals surface area (Å²) in [6.45, 7) is 0.841. The second-order valence-electron chi connectivity index (χ2n) is 4.85. The van der Waals surface area contributed by atoms with Gasteiger partial charge in [0.1, 0.15) is 0 Å². The third-order valence-corrected chi connectivity index (χ3v) is 4.35. The molecule has 1 amide bonds. The Labute approximate surface area is 112 Å². The van der Waals surface area contributed by atoms with Crippen LogP contribution in [0.2, 0.25) is 0 Å². The van der Waals surface area contributed by atoms with Gasteiger partial charge in [0.25, 0.3) is 5.91 Å². The summed E-state index contributed by atoms with van der Waals surface area (Å²) < 4.78 is 0. The molecule has 1 aliphatic rings. The minimum Gasteiger partial charge on any atom is -0.363 e. The number of carbonyl (C=O) groups is 1. The molecule has 0 radical (unpaired) electrons. The van der Waals surface area contributed by atoms with E-state index in [4.69, 9.17) is 0 Å². The van der Waals surface area contributed by atoms with Crippen molar-refractivity contribution in [3.63, 3.8) is 0 Å². The number of rotatable bonds is 4. The molecule has 0 saturated heterocycles. The molecule has 6 heteroatoms. The van der Waals surface area contributed by atoms with Gasteiger partial charge in [0.2, 0.25) is 10.1 Å². The molecule has 1 aromatic rings. The molecule has 2 rings (SSSR count). The summed E-state index contributed by atoms with van der Waals surface area (Å²) in [4.78, 5) is 13.9. The highest BCUT2D eigenvalue weighted by molar-refractivity contribution is 7.17. The lowest BCUT2D eigenvalue weighted by Gasteiger charge is -2.26. The smallest absolute Gasteiger partial charge is 0.284 e. The van der Waals surface area contributed by atoms with Crippen LogP contribution in [0.15, 0.2) is 0 Å². The topological polar surface area (TPSA) is 58.1 Å². The molecule has 1 aliphatic carbocycles. The zero-order valence-corrected chi connectivity index (χ0v) is 11.8. The van der Waals surface area contributed by atoms with Crippen molar-refractivity contribution in [2.45, 2.75) is 32.1 Å². The fourth-order valence-electron chi connectivity index (χ4n) is 2.41. The van der Waals surface area contributed by atoms with Crippen LogP contribution in [0.4, 0.5) is 5.13 Å². The lowest BCUT2D eigenvalue weighted by atomic mass is 9.89. The summed E-state index contributed by atoms with van der Waals surface area (Å²) in [6.07, 6.45) is 6.44. The number of hydrogen-bond donors (Lipinski definition) is 1. The van der Waals surface area contributed by atoms with Gasteiger partial charge in [-0.25, -0.2) is 0 Å². The highest BCUT2D eigenvalue weighted by atomic mass is 32.1. The third-order valence-electron chi connectivity index (χ3n) is 3.43. The summed E-state index contributed by atoms with van der Waals surface area (Å²) in [5.74, 6) is 0.643. The second kappa shape index (κ2) is 6.13. The maximum absolute atomic E-state index is 12.2. The maximum atomic E-state index is 12.2. The van der Waals surface area contributed by atoms with Crippen LogP contribution in [0.25, 0.3) is 0 Å². The van der Waals surface area contributed by atoms with E-state index in [2.05, 4.69) is 15.5 Å². The summed E-state index contributed by atoms with van der Waals surface area (Å²) in [5.41, 5.74) is 0. The Morgan fingerprint density at radius 1 is 1.39 bits per heavy atom. The molecule has 1 saturated carbocycles. The number of nitrogens with one attached hydrogen (secondary N) is 1. The van der Waals surface area contributed by atoms with E-state index in [-0.39, 0.29) is 5.91 Å². The van der Waals surface area contributed by atoms with E-state index < -0.39 is 0 Å². The van der Waals surface area contributed by atoms with Gasteiger partial charge in [-0.05, 0) is 18.8 Å². The summed E-state index contributed by atoms with van der Waals surface area (Å²) in [6, 6.07) is 0. The van der Waals surface area contributed by atoms with Crippen LogP contribution >= 0.6 is 11.3 Å². The van der Waals surface area contributed by atoms with E-state index in [1.165, 1.54) is 43.4 Å². The van der Waals surface area contributed by atoms with Crippen LogP contribution in [0.1, 0.15) is 41.9 Å². The first-order chi connectivity index (χ1) is 8.70. The molecular formula is C12H20N4OS. The Kier molecular flexibility index (Phi) is 4.52. The number of nitrogens with zero attached hydrogens (tertiary/aromatic N) is 3. The molecule has 0 aromatic carbocycles. The first-order valence-corrected chi connectivity index (χ1v) is 7.29. The normalized spacial score (nSPS) is 16.6. The number of carbonyl (C=O) groups excluding carboxylic acids is 1. The zero-order valence-electron chi connectivity index (χ0n) is 11.0. The van der Waals surface area contributed by atoms with Crippen molar-refractivity contribution in [3.8, 4) is 0 Å². The van der Waals surface area contributed by atoms with Crippen LogP contribution in [-0.4, -0.2) is 41.6 Å². The van der Waals surface area contributed by atoms with Crippen molar-refractivity contribution < 1.29 is 4.79 Å². The van der Waals surface area contributed by atoms with Crippen LogP contribution in [0.3, 0.4) is 0 Å². The molecule has 100 valence electrons. The van der Waals surface area contributed by atoms with Gasteiger partial charge >= 0.3 is 0 Å². The molecule has 1 heterocycles. The van der Waals surface area contributed by atoms with Gasteiger partial charge in [0, 0.05) is 20.6 Å². The van der Waals surface area contributed by atoms with Crippen molar-refractivity contribution in [3.05, 3.63) is 5.01 Å². The van der Waals surface area contributed by atoms with E-state index in [1.807, 2.05) is 7.05 Å². The van der Waals surface area contributed by atoms with Crippen LogP contribution in [0.5, 0.6) is 0 Å². The standard InChI is InChI=1S/C12H20N4OS/c1-13-12-15-14-10(18-12)11(17)16(2)8-9-6-4-3-5-7-9/h9H,3-8H2,1-2H3,(H,13,15). The Balaban J connectivity index is 1.91. The molecule has 5 nitrogen and oxygen atoms in total. The highest BCUT2D eigenvalue weighted by Crippen LogP contribution is 2.25. The van der Waals surface area contributed by atoms with Crippen LogP contribution in [0, 0.1) is 5.92 Å². The SMILES string of the molecule is CNc1nnc(C(=O)N(C)CC2CCCCC2)s1. The molecule has 0 atom stereocenters. The van der Waals surface area contributed by atoms with Crippen molar-refractivity contribution in [1.29, 1.82) is 0 Å². The van der Waals surface area contributed by atoms with Gasteiger partial charge in [0.15, 0.2) is 0 Å². The number of anilines is 1. The lowest BCUT2D eigenvalue weighted by Crippen LogP contribution is -2.32. The Morgan fingerprint density at radius 3 is 2.72 bits per heavy atom. The van der Waals surface area contributed by atoms with E-state index in [0.717, 1.165) is 6.54 Å². The first kappa shape index (κ1) is 13.3. The average Bonchev–Trinajstić information content (AvgIpc) is 2.87. The minimum atomic E-state index is -0.0143. The largest absolute Gasteiger partial charge is 0.363 e. The molecule has 0 aliphatic heterocycles. The van der Waals surface area contributed by atoms with Crippen molar-refractivity contribution in [2.24, 2.45) is 5.92 Å². The van der Waals surface area contributed by atoms with E-state index in [1.54, 1.807) is 11.9 Å². The first-order valence-electron chi connectivity index (χ1n) is 6.47. The molecule has 0 unspecified atom stereocenters. The molecule has 1 aromatic heterocycles. The highest BCUT2D eigenvalue weighted by Gasteiger charge is 2.21. The molecule has 18 heavy (non-hydrogen) atoms. The monoisotopic (exact) mass is 268 g/mol. The predicted molar refractivity (Wildman–Crippen MR) is 73.0 cm³/mol. The zero-order chi connectivity index (χ0) is 13.0.